The van der Waals surface area contributed by atoms with Crippen molar-refractivity contribution in [3.63, 3.8) is 0 Å². The van der Waals surface area contributed by atoms with Crippen LogP contribution >= 0.6 is 11.8 Å². The van der Waals surface area contributed by atoms with Gasteiger partial charge in [-0.25, -0.2) is 0 Å². The first-order chi connectivity index (χ1) is 12.2. The minimum absolute atomic E-state index is 0.134. The molecule has 1 aromatic heterocycles. The van der Waals surface area contributed by atoms with Crippen LogP contribution in [0.15, 0.2) is 42.3 Å². The van der Waals surface area contributed by atoms with Crippen LogP contribution in [0, 0.1) is 0 Å². The predicted molar refractivity (Wildman–Crippen MR) is 98.4 cm³/mol. The van der Waals surface area contributed by atoms with Crippen LogP contribution in [0.25, 0.3) is 0 Å². The molecule has 0 spiro atoms. The van der Waals surface area contributed by atoms with E-state index >= 15 is 0 Å². The molecule has 0 radical (unpaired) electrons. The average Bonchev–Trinajstić information content (AvgIpc) is 3.03. The van der Waals surface area contributed by atoms with E-state index in [1.54, 1.807) is 30.6 Å². The topological polar surface area (TPSA) is 78.3 Å². The second-order valence-electron chi connectivity index (χ2n) is 4.92. The van der Waals surface area contributed by atoms with E-state index in [1.165, 1.54) is 11.8 Å². The molecule has 0 fully saturated rings. The second-order valence-corrected chi connectivity index (χ2v) is 5.86. The number of amides is 1. The number of anilines is 1. The number of benzene rings is 1. The first-order valence-electron chi connectivity index (χ1n) is 7.98. The van der Waals surface area contributed by atoms with Gasteiger partial charge in [0, 0.05) is 18.3 Å². The zero-order valence-corrected chi connectivity index (χ0v) is 15.2. The number of hydrogen-bond donors (Lipinski definition) is 1. The van der Waals surface area contributed by atoms with Crippen LogP contribution in [0.4, 0.5) is 5.69 Å². The highest BCUT2D eigenvalue weighted by Gasteiger charge is 2.11. The van der Waals surface area contributed by atoms with E-state index in [-0.39, 0.29) is 11.7 Å². The van der Waals surface area contributed by atoms with Crippen molar-refractivity contribution >= 4 is 23.4 Å². The van der Waals surface area contributed by atoms with Gasteiger partial charge in [-0.3, -0.25) is 4.79 Å². The van der Waals surface area contributed by atoms with Crippen LogP contribution in [0.1, 0.15) is 13.8 Å². The minimum Gasteiger partial charge on any atom is -0.490 e. The van der Waals surface area contributed by atoms with Gasteiger partial charge in [-0.1, -0.05) is 17.8 Å². The van der Waals surface area contributed by atoms with Gasteiger partial charge in [-0.05, 0) is 26.0 Å². The molecule has 0 unspecified atom stereocenters. The number of rotatable bonds is 10. The van der Waals surface area contributed by atoms with E-state index in [2.05, 4.69) is 22.1 Å². The zero-order valence-electron chi connectivity index (χ0n) is 14.4. The van der Waals surface area contributed by atoms with Crippen molar-refractivity contribution in [2.75, 3.05) is 24.3 Å². The number of hydrogen-bond acceptors (Lipinski definition) is 6. The Bertz CT molecular complexity index is 718. The van der Waals surface area contributed by atoms with Gasteiger partial charge in [-0.2, -0.15) is 0 Å². The maximum atomic E-state index is 12.2. The Morgan fingerprint density at radius 3 is 2.80 bits per heavy atom. The molecule has 0 saturated heterocycles. The van der Waals surface area contributed by atoms with E-state index in [1.807, 2.05) is 18.4 Å². The fraction of sp³-hybridized carbons (Fsp3) is 0.353. The van der Waals surface area contributed by atoms with Gasteiger partial charge >= 0.3 is 0 Å². The normalized spacial score (nSPS) is 10.3. The Balaban J connectivity index is 1.96. The largest absolute Gasteiger partial charge is 0.490 e. The Kier molecular flexibility index (Phi) is 7.34. The molecule has 7 nitrogen and oxygen atoms in total. The number of nitrogens with one attached hydrogen (secondary N) is 1. The lowest BCUT2D eigenvalue weighted by Crippen LogP contribution is -2.14. The first kappa shape index (κ1) is 18.9. The molecule has 25 heavy (non-hydrogen) atoms. The van der Waals surface area contributed by atoms with Crippen molar-refractivity contribution in [2.45, 2.75) is 25.5 Å². The Hall–Kier alpha value is -2.48. The third-order valence-electron chi connectivity index (χ3n) is 3.07. The second kappa shape index (κ2) is 9.73. The number of thioether (sulfide) groups is 1. The van der Waals surface area contributed by atoms with E-state index in [0.29, 0.717) is 42.1 Å². The van der Waals surface area contributed by atoms with Crippen LogP contribution in [0.5, 0.6) is 11.5 Å². The van der Waals surface area contributed by atoms with Crippen LogP contribution in [-0.2, 0) is 11.3 Å². The molecule has 2 rings (SSSR count). The summed E-state index contributed by atoms with van der Waals surface area (Å²) >= 11 is 1.32. The molecule has 0 atom stereocenters. The third kappa shape index (κ3) is 5.53. The van der Waals surface area contributed by atoms with Gasteiger partial charge in [-0.15, -0.1) is 16.8 Å². The molecule has 134 valence electrons. The highest BCUT2D eigenvalue weighted by atomic mass is 32.2. The van der Waals surface area contributed by atoms with Gasteiger partial charge in [0.15, 0.2) is 16.7 Å². The fourth-order valence-corrected chi connectivity index (χ4v) is 2.80. The van der Waals surface area contributed by atoms with E-state index in [9.17, 15) is 4.79 Å². The van der Waals surface area contributed by atoms with Gasteiger partial charge in [0.05, 0.1) is 19.0 Å². The van der Waals surface area contributed by atoms with Gasteiger partial charge in [0.1, 0.15) is 6.33 Å². The number of carbonyl (C=O) groups is 1. The summed E-state index contributed by atoms with van der Waals surface area (Å²) in [6.07, 6.45) is 3.37. The number of carbonyl (C=O) groups excluding carboxylic acids is 1. The third-order valence-corrected chi connectivity index (χ3v) is 4.05. The Morgan fingerprint density at radius 2 is 2.08 bits per heavy atom. The molecule has 0 aliphatic heterocycles. The smallest absolute Gasteiger partial charge is 0.234 e. The van der Waals surface area contributed by atoms with Crippen molar-refractivity contribution in [1.29, 1.82) is 0 Å². The van der Waals surface area contributed by atoms with E-state index < -0.39 is 0 Å². The fourth-order valence-electron chi connectivity index (χ4n) is 2.08. The molecule has 1 amide bonds. The zero-order chi connectivity index (χ0) is 18.1. The van der Waals surface area contributed by atoms with E-state index in [0.717, 1.165) is 0 Å². The van der Waals surface area contributed by atoms with Crippen LogP contribution in [0.2, 0.25) is 0 Å². The summed E-state index contributed by atoms with van der Waals surface area (Å²) in [5.41, 5.74) is 0.657. The maximum Gasteiger partial charge on any atom is 0.234 e. The van der Waals surface area contributed by atoms with Crippen molar-refractivity contribution in [3.8, 4) is 11.5 Å². The van der Waals surface area contributed by atoms with Crippen molar-refractivity contribution in [3.05, 3.63) is 37.2 Å². The SMILES string of the molecule is C=CCn1cnnc1SCC(=O)Nc1ccc(OCC)c(OCC)c1. The minimum atomic E-state index is -0.134. The van der Waals surface area contributed by atoms with E-state index in [4.69, 9.17) is 9.47 Å². The summed E-state index contributed by atoms with van der Waals surface area (Å²) in [6.45, 7) is 9.17. The van der Waals surface area contributed by atoms with Crippen LogP contribution in [0.3, 0.4) is 0 Å². The molecule has 1 heterocycles. The Morgan fingerprint density at radius 1 is 1.32 bits per heavy atom. The molecule has 0 aliphatic carbocycles. The lowest BCUT2D eigenvalue weighted by molar-refractivity contribution is -0.113. The summed E-state index contributed by atoms with van der Waals surface area (Å²) in [5.74, 6) is 1.37. The summed E-state index contributed by atoms with van der Waals surface area (Å²) < 4.78 is 12.9. The number of nitrogens with zero attached hydrogens (tertiary/aromatic N) is 3. The average molecular weight is 362 g/mol. The standard InChI is InChI=1S/C17H22N4O3S/c1-4-9-21-12-18-20-17(21)25-11-16(22)19-13-7-8-14(23-5-2)15(10-13)24-6-3/h4,7-8,10,12H,1,5-6,9,11H2,2-3H3,(H,19,22). The quantitative estimate of drug-likeness (QED) is 0.517. The molecule has 0 bridgehead atoms. The molecule has 2 aromatic rings. The Labute approximate surface area is 151 Å². The van der Waals surface area contributed by atoms with Crippen molar-refractivity contribution < 1.29 is 14.3 Å². The molecule has 1 aromatic carbocycles. The molecular formula is C17H22N4O3S. The lowest BCUT2D eigenvalue weighted by Gasteiger charge is -2.13. The number of aromatic nitrogens is 3. The van der Waals surface area contributed by atoms with Crippen LogP contribution < -0.4 is 14.8 Å². The molecular weight excluding hydrogens is 340 g/mol. The van der Waals surface area contributed by atoms with Crippen molar-refractivity contribution in [2.24, 2.45) is 0 Å². The summed E-state index contributed by atoms with van der Waals surface area (Å²) in [5, 5.41) is 11.4. The van der Waals surface area contributed by atoms with Gasteiger partial charge in [0.2, 0.25) is 5.91 Å². The monoisotopic (exact) mass is 362 g/mol. The van der Waals surface area contributed by atoms with Gasteiger partial charge < -0.3 is 19.4 Å². The first-order valence-corrected chi connectivity index (χ1v) is 8.97. The molecule has 1 N–H and O–H groups in total. The summed E-state index contributed by atoms with van der Waals surface area (Å²) in [4.78, 5) is 12.2. The molecule has 8 heteroatoms. The van der Waals surface area contributed by atoms with Gasteiger partial charge in [0.25, 0.3) is 0 Å². The molecule has 0 aliphatic rings. The van der Waals surface area contributed by atoms with Crippen LogP contribution in [-0.4, -0.2) is 39.6 Å². The number of ether oxygens (including phenoxy) is 2. The summed E-state index contributed by atoms with van der Waals surface area (Å²) in [6, 6.07) is 5.34. The number of allylic oxidation sites excluding steroid dienone is 1. The lowest BCUT2D eigenvalue weighted by atomic mass is 10.2. The highest BCUT2D eigenvalue weighted by molar-refractivity contribution is 7.99. The van der Waals surface area contributed by atoms with Crippen molar-refractivity contribution in [1.82, 2.24) is 14.8 Å². The highest BCUT2D eigenvalue weighted by Crippen LogP contribution is 2.30. The summed E-state index contributed by atoms with van der Waals surface area (Å²) in [7, 11) is 0. The molecule has 0 saturated carbocycles. The maximum absolute atomic E-state index is 12.2. The predicted octanol–water partition coefficient (Wildman–Crippen LogP) is 2.99.